The van der Waals surface area contributed by atoms with Crippen LogP contribution >= 0.6 is 0 Å². The first-order valence-electron chi connectivity index (χ1n) is 6.90. The molecule has 1 aliphatic rings. The standard InChI is InChI=1S/C13H19N3O4S/c17-16(18)13-6-2-11(3-7-13)10-21(19,20)15-9-1-8-14-12-4-5-12/h2-3,6-7,12,14-15H,1,4-5,8-10H2. The maximum atomic E-state index is 11.9. The fourth-order valence-electron chi connectivity index (χ4n) is 1.89. The van der Waals surface area contributed by atoms with E-state index >= 15 is 0 Å². The molecule has 0 saturated heterocycles. The first-order chi connectivity index (χ1) is 9.96. The van der Waals surface area contributed by atoms with Crippen molar-refractivity contribution in [3.63, 3.8) is 0 Å². The van der Waals surface area contributed by atoms with Crippen LogP contribution in [0.5, 0.6) is 0 Å². The molecule has 0 aliphatic heterocycles. The van der Waals surface area contributed by atoms with Crippen molar-refractivity contribution in [3.8, 4) is 0 Å². The van der Waals surface area contributed by atoms with E-state index in [1.807, 2.05) is 0 Å². The number of benzene rings is 1. The number of hydrogen-bond donors (Lipinski definition) is 2. The molecule has 1 fully saturated rings. The molecule has 0 heterocycles. The third-order valence-corrected chi connectivity index (χ3v) is 4.55. The van der Waals surface area contributed by atoms with Gasteiger partial charge in [0.1, 0.15) is 0 Å². The van der Waals surface area contributed by atoms with Gasteiger partial charge < -0.3 is 5.32 Å². The number of nitrogens with one attached hydrogen (secondary N) is 2. The molecule has 0 radical (unpaired) electrons. The molecule has 0 amide bonds. The molecule has 8 heteroatoms. The van der Waals surface area contributed by atoms with Crippen LogP contribution in [0.4, 0.5) is 5.69 Å². The van der Waals surface area contributed by atoms with Crippen molar-refractivity contribution in [2.75, 3.05) is 13.1 Å². The van der Waals surface area contributed by atoms with Gasteiger partial charge in [0.15, 0.2) is 0 Å². The highest BCUT2D eigenvalue weighted by atomic mass is 32.2. The highest BCUT2D eigenvalue weighted by Crippen LogP contribution is 2.18. The molecule has 0 unspecified atom stereocenters. The molecule has 7 nitrogen and oxygen atoms in total. The second kappa shape index (κ2) is 6.97. The van der Waals surface area contributed by atoms with Gasteiger partial charge in [0.05, 0.1) is 10.7 Å². The third kappa shape index (κ3) is 5.78. The highest BCUT2D eigenvalue weighted by molar-refractivity contribution is 7.88. The van der Waals surface area contributed by atoms with Gasteiger partial charge in [-0.1, -0.05) is 12.1 Å². The van der Waals surface area contributed by atoms with Crippen molar-refractivity contribution < 1.29 is 13.3 Å². The lowest BCUT2D eigenvalue weighted by Gasteiger charge is -2.07. The molecule has 1 aromatic carbocycles. The SMILES string of the molecule is O=[N+]([O-])c1ccc(CS(=O)(=O)NCCCNC2CC2)cc1. The summed E-state index contributed by atoms with van der Waals surface area (Å²) in [6.45, 7) is 1.21. The lowest BCUT2D eigenvalue weighted by Crippen LogP contribution is -2.29. The maximum Gasteiger partial charge on any atom is 0.269 e. The van der Waals surface area contributed by atoms with Crippen LogP contribution in [-0.2, 0) is 15.8 Å². The molecular formula is C13H19N3O4S. The van der Waals surface area contributed by atoms with Gasteiger partial charge in [-0.15, -0.1) is 0 Å². The van der Waals surface area contributed by atoms with Crippen molar-refractivity contribution in [3.05, 3.63) is 39.9 Å². The van der Waals surface area contributed by atoms with E-state index < -0.39 is 14.9 Å². The Hall–Kier alpha value is -1.51. The molecule has 0 aromatic heterocycles. The van der Waals surface area contributed by atoms with Gasteiger partial charge in [-0.2, -0.15) is 0 Å². The summed E-state index contributed by atoms with van der Waals surface area (Å²) in [6, 6.07) is 6.18. The average Bonchev–Trinajstić information content (AvgIpc) is 3.22. The fourth-order valence-corrected chi connectivity index (χ4v) is 3.08. The summed E-state index contributed by atoms with van der Waals surface area (Å²) in [5.41, 5.74) is 0.486. The Labute approximate surface area is 123 Å². The Morgan fingerprint density at radius 1 is 1.19 bits per heavy atom. The minimum atomic E-state index is -3.40. The van der Waals surface area contributed by atoms with Crippen LogP contribution in [0.1, 0.15) is 24.8 Å². The number of rotatable bonds is 9. The topological polar surface area (TPSA) is 101 Å². The Bertz CT molecular complexity index is 582. The van der Waals surface area contributed by atoms with Crippen molar-refractivity contribution in [2.24, 2.45) is 0 Å². The van der Waals surface area contributed by atoms with Crippen LogP contribution in [0.2, 0.25) is 0 Å². The fraction of sp³-hybridized carbons (Fsp3) is 0.538. The Morgan fingerprint density at radius 3 is 2.43 bits per heavy atom. The lowest BCUT2D eigenvalue weighted by molar-refractivity contribution is -0.384. The zero-order valence-electron chi connectivity index (χ0n) is 11.6. The molecule has 1 aliphatic carbocycles. The summed E-state index contributed by atoms with van der Waals surface area (Å²) in [5, 5.41) is 13.8. The highest BCUT2D eigenvalue weighted by Gasteiger charge is 2.19. The second-order valence-corrected chi connectivity index (χ2v) is 6.97. The van der Waals surface area contributed by atoms with E-state index in [1.54, 1.807) is 0 Å². The van der Waals surface area contributed by atoms with Gasteiger partial charge in [0.25, 0.3) is 5.69 Å². The van der Waals surface area contributed by atoms with Gasteiger partial charge in [0, 0.05) is 24.7 Å². The van der Waals surface area contributed by atoms with Crippen LogP contribution in [0.25, 0.3) is 0 Å². The first-order valence-corrected chi connectivity index (χ1v) is 8.55. The van der Waals surface area contributed by atoms with E-state index in [4.69, 9.17) is 0 Å². The smallest absolute Gasteiger partial charge is 0.269 e. The zero-order chi connectivity index (χ0) is 15.3. The predicted molar refractivity (Wildman–Crippen MR) is 79.4 cm³/mol. The minimum Gasteiger partial charge on any atom is -0.314 e. The largest absolute Gasteiger partial charge is 0.314 e. The van der Waals surface area contributed by atoms with Gasteiger partial charge in [-0.05, 0) is 31.4 Å². The second-order valence-electron chi connectivity index (χ2n) is 5.16. The van der Waals surface area contributed by atoms with Crippen LogP contribution in [0, 0.1) is 10.1 Å². The van der Waals surface area contributed by atoms with Crippen LogP contribution < -0.4 is 10.0 Å². The van der Waals surface area contributed by atoms with Crippen LogP contribution in [0.15, 0.2) is 24.3 Å². The van der Waals surface area contributed by atoms with E-state index in [0.29, 0.717) is 18.2 Å². The number of nitrogens with zero attached hydrogens (tertiary/aromatic N) is 1. The quantitative estimate of drug-likeness (QED) is 0.405. The Balaban J connectivity index is 1.75. The third-order valence-electron chi connectivity index (χ3n) is 3.19. The van der Waals surface area contributed by atoms with E-state index in [0.717, 1.165) is 13.0 Å². The predicted octanol–water partition coefficient (Wildman–Crippen LogP) is 1.16. The van der Waals surface area contributed by atoms with Crippen molar-refractivity contribution in [1.82, 2.24) is 10.0 Å². The lowest BCUT2D eigenvalue weighted by atomic mass is 10.2. The number of nitro benzene ring substituents is 1. The molecular weight excluding hydrogens is 294 g/mol. The Morgan fingerprint density at radius 2 is 1.86 bits per heavy atom. The van der Waals surface area contributed by atoms with Crippen molar-refractivity contribution in [2.45, 2.75) is 31.1 Å². The summed E-state index contributed by atoms with van der Waals surface area (Å²) < 4.78 is 26.3. The molecule has 1 aromatic rings. The van der Waals surface area contributed by atoms with Gasteiger partial charge in [0.2, 0.25) is 10.0 Å². The maximum absolute atomic E-state index is 11.9. The summed E-state index contributed by atoms with van der Waals surface area (Å²) in [5.74, 6) is -0.166. The summed E-state index contributed by atoms with van der Waals surface area (Å²) in [6.07, 6.45) is 3.17. The van der Waals surface area contributed by atoms with Crippen molar-refractivity contribution >= 4 is 15.7 Å². The average molecular weight is 313 g/mol. The summed E-state index contributed by atoms with van der Waals surface area (Å²) >= 11 is 0. The summed E-state index contributed by atoms with van der Waals surface area (Å²) in [4.78, 5) is 10.0. The molecule has 0 atom stereocenters. The molecule has 21 heavy (non-hydrogen) atoms. The molecule has 1 saturated carbocycles. The normalized spacial score (nSPS) is 15.0. The molecule has 2 rings (SSSR count). The van der Waals surface area contributed by atoms with E-state index in [2.05, 4.69) is 10.0 Å². The van der Waals surface area contributed by atoms with Gasteiger partial charge in [-0.25, -0.2) is 13.1 Å². The monoisotopic (exact) mass is 313 g/mol. The van der Waals surface area contributed by atoms with Crippen molar-refractivity contribution in [1.29, 1.82) is 0 Å². The minimum absolute atomic E-state index is 0.0461. The van der Waals surface area contributed by atoms with Crippen LogP contribution in [0.3, 0.4) is 0 Å². The van der Waals surface area contributed by atoms with E-state index in [1.165, 1.54) is 37.1 Å². The summed E-state index contributed by atoms with van der Waals surface area (Å²) in [7, 11) is -3.40. The number of hydrogen-bond acceptors (Lipinski definition) is 5. The number of non-ortho nitro benzene ring substituents is 1. The molecule has 2 N–H and O–H groups in total. The molecule has 0 bridgehead atoms. The van der Waals surface area contributed by atoms with Gasteiger partial charge >= 0.3 is 0 Å². The Kier molecular flexibility index (Phi) is 5.27. The van der Waals surface area contributed by atoms with Gasteiger partial charge in [-0.3, -0.25) is 10.1 Å². The molecule has 0 spiro atoms. The van der Waals surface area contributed by atoms with E-state index in [-0.39, 0.29) is 11.4 Å². The van der Waals surface area contributed by atoms with Crippen LogP contribution in [-0.4, -0.2) is 32.5 Å². The first kappa shape index (κ1) is 15.9. The number of nitro groups is 1. The van der Waals surface area contributed by atoms with E-state index in [9.17, 15) is 18.5 Å². The zero-order valence-corrected chi connectivity index (χ0v) is 12.4. The number of sulfonamides is 1. The molecule has 116 valence electrons.